The minimum absolute atomic E-state index is 0.0207. The molecule has 28 nitrogen and oxygen atoms in total. The topological polar surface area (TPSA) is 495 Å². The molecule has 21 N–H and O–H groups in total. The summed E-state index contributed by atoms with van der Waals surface area (Å²) in [6.07, 6.45) is -2.15. The number of aliphatic hydroxyl groups excluding tert-OH is 2. The number of guanidine groups is 1. The lowest BCUT2D eigenvalue weighted by molar-refractivity contribution is -0.142. The molecule has 0 fully saturated rings. The zero-order valence-corrected chi connectivity index (χ0v) is 32.3. The Hall–Kier alpha value is -6.94. The molecule has 0 bridgehead atoms. The van der Waals surface area contributed by atoms with Gasteiger partial charge in [0.2, 0.25) is 47.3 Å². The molecule has 0 aliphatic rings. The molecule has 0 saturated carbocycles. The smallest absolute Gasteiger partial charge is 0.326 e. The van der Waals surface area contributed by atoms with Crippen molar-refractivity contribution in [2.75, 3.05) is 13.2 Å². The van der Waals surface area contributed by atoms with Gasteiger partial charge in [0.05, 0.1) is 37.9 Å². The Balaban J connectivity index is 3.20. The molecular weight excluding hydrogens is 804 g/mol. The molecule has 0 aliphatic carbocycles. The summed E-state index contributed by atoms with van der Waals surface area (Å²) in [6.45, 7) is -0.171. The first-order valence-corrected chi connectivity index (χ1v) is 18.0. The highest BCUT2D eigenvalue weighted by atomic mass is 16.4. The van der Waals surface area contributed by atoms with Crippen LogP contribution in [-0.2, 0) is 54.4 Å². The van der Waals surface area contributed by atoms with Crippen LogP contribution in [0.3, 0.4) is 0 Å². The van der Waals surface area contributed by atoms with E-state index < -0.39 is 133 Å². The minimum atomic E-state index is -1.97. The lowest BCUT2D eigenvalue weighted by Gasteiger charge is -2.27. The maximum absolute atomic E-state index is 13.4. The number of imidazole rings is 1. The van der Waals surface area contributed by atoms with Crippen LogP contribution in [-0.4, -0.2) is 157 Å². The number of amides is 8. The maximum Gasteiger partial charge on any atom is 0.326 e. The molecule has 60 heavy (non-hydrogen) atoms. The summed E-state index contributed by atoms with van der Waals surface area (Å²) in [6, 6.07) is -12.0. The Morgan fingerprint density at radius 3 is 1.68 bits per heavy atom. The number of carboxylic acid groups (broad SMARTS) is 2. The first-order chi connectivity index (χ1) is 28.0. The second-order valence-electron chi connectivity index (χ2n) is 13.2. The number of aliphatic hydroxyl groups is 2. The Labute approximate surface area is 340 Å². The van der Waals surface area contributed by atoms with E-state index in [1.807, 2.05) is 5.32 Å². The van der Waals surface area contributed by atoms with E-state index in [1.165, 1.54) is 12.5 Å². The second-order valence-corrected chi connectivity index (χ2v) is 13.2. The van der Waals surface area contributed by atoms with Crippen molar-refractivity contribution < 1.29 is 68.4 Å². The van der Waals surface area contributed by atoms with Gasteiger partial charge in [-0.2, -0.15) is 0 Å². The molecule has 0 saturated heterocycles. The van der Waals surface area contributed by atoms with E-state index in [-0.39, 0.29) is 38.2 Å². The molecule has 28 heteroatoms. The van der Waals surface area contributed by atoms with E-state index in [2.05, 4.69) is 41.5 Å². The first-order valence-electron chi connectivity index (χ1n) is 18.0. The number of carboxylic acids is 2. The van der Waals surface area contributed by atoms with Gasteiger partial charge in [0.1, 0.15) is 36.3 Å². The van der Waals surface area contributed by atoms with Crippen molar-refractivity contribution in [2.24, 2.45) is 33.7 Å². The molecule has 1 aromatic rings. The fourth-order valence-electron chi connectivity index (χ4n) is 5.03. The van der Waals surface area contributed by atoms with Crippen LogP contribution >= 0.6 is 0 Å². The summed E-state index contributed by atoms with van der Waals surface area (Å²) < 4.78 is 0. The van der Waals surface area contributed by atoms with E-state index in [0.717, 1.165) is 6.92 Å². The third-order valence-electron chi connectivity index (χ3n) is 8.13. The van der Waals surface area contributed by atoms with Crippen molar-refractivity contribution in [2.45, 2.75) is 100 Å². The number of carbonyl (C=O) groups excluding carboxylic acids is 8. The van der Waals surface area contributed by atoms with Crippen LogP contribution in [0.2, 0.25) is 0 Å². The monoisotopic (exact) mass is 856 g/mol. The fourth-order valence-corrected chi connectivity index (χ4v) is 5.03. The molecule has 8 amide bonds. The summed E-state index contributed by atoms with van der Waals surface area (Å²) in [7, 11) is 0. The number of hydrogen-bond donors (Lipinski definition) is 16. The van der Waals surface area contributed by atoms with Crippen LogP contribution in [0, 0.1) is 0 Å². The molecule has 0 unspecified atom stereocenters. The number of aromatic amines is 1. The molecule has 1 aromatic heterocycles. The van der Waals surface area contributed by atoms with Gasteiger partial charge in [0, 0.05) is 31.3 Å². The Morgan fingerprint density at radius 2 is 1.22 bits per heavy atom. The zero-order chi connectivity index (χ0) is 45.7. The number of hydrogen-bond acceptors (Lipinski definition) is 15. The number of aromatic nitrogens is 2. The first kappa shape index (κ1) is 51.1. The fraction of sp³-hybridized carbons (Fsp3) is 0.562. The van der Waals surface area contributed by atoms with Gasteiger partial charge in [-0.05, 0) is 26.2 Å². The maximum atomic E-state index is 13.4. The number of primary amides is 2. The molecule has 1 rings (SSSR count). The van der Waals surface area contributed by atoms with Crippen LogP contribution in [0.25, 0.3) is 0 Å². The van der Waals surface area contributed by atoms with E-state index in [4.69, 9.17) is 33.8 Å². The van der Waals surface area contributed by atoms with Crippen molar-refractivity contribution in [3.63, 3.8) is 0 Å². The van der Waals surface area contributed by atoms with E-state index >= 15 is 0 Å². The summed E-state index contributed by atoms with van der Waals surface area (Å²) in [5, 5.41) is 51.7. The van der Waals surface area contributed by atoms with Crippen LogP contribution in [0.15, 0.2) is 17.5 Å². The Bertz CT molecular complexity index is 1720. The standard InChI is InChI=1S/C32H52N14O14/c1-13(48)24(30(58)45-20(11-47)29(57)43-17(8-21(34)49)27(55)44-19(31(59)60)7-14-10-38-12-40-14)46-28(56)18(9-22(35)50)42-26(54)16(3-2-6-39-32(36)37)41-25(53)15(33)4-5-23(51)52/h10,12-13,15-20,24,47-48H,2-9,11,33H2,1H3,(H2,34,49)(H2,35,50)(H,38,40)(H,41,53)(H,42,54)(H,43,57)(H,44,55)(H,45,58)(H,46,56)(H,51,52)(H,59,60)(H4,36,37,39)/t13-,15+,16+,17+,18+,19+,20+,24+/m1/s1. The van der Waals surface area contributed by atoms with E-state index in [0.29, 0.717) is 5.69 Å². The quantitative estimate of drug-likeness (QED) is 0.0211. The number of aliphatic carboxylic acids is 2. The van der Waals surface area contributed by atoms with Crippen molar-refractivity contribution in [1.82, 2.24) is 41.9 Å². The van der Waals surface area contributed by atoms with Crippen LogP contribution in [0.4, 0.5) is 0 Å². The number of aliphatic imine (C=N–C) groups is 1. The number of nitrogens with zero attached hydrogens (tertiary/aromatic N) is 2. The Kier molecular flexibility index (Phi) is 21.6. The average Bonchev–Trinajstić information content (AvgIpc) is 3.67. The van der Waals surface area contributed by atoms with Gasteiger partial charge in [0.25, 0.3) is 0 Å². The molecule has 8 atom stereocenters. The number of H-pyrrole nitrogens is 1. The molecule has 0 spiro atoms. The summed E-state index contributed by atoms with van der Waals surface area (Å²) in [5.41, 5.74) is 27.2. The van der Waals surface area contributed by atoms with Gasteiger partial charge in [-0.25, -0.2) is 9.78 Å². The third kappa shape index (κ3) is 19.0. The number of nitrogens with one attached hydrogen (secondary N) is 7. The molecule has 0 aromatic carbocycles. The molecule has 334 valence electrons. The van der Waals surface area contributed by atoms with Crippen LogP contribution in [0.5, 0.6) is 0 Å². The molecule has 1 heterocycles. The van der Waals surface area contributed by atoms with E-state index in [1.54, 1.807) is 0 Å². The average molecular weight is 857 g/mol. The second kappa shape index (κ2) is 25.4. The highest BCUT2D eigenvalue weighted by Crippen LogP contribution is 2.06. The lowest BCUT2D eigenvalue weighted by Crippen LogP contribution is -2.62. The number of nitrogens with two attached hydrogens (primary N) is 5. The molecule has 0 aliphatic heterocycles. The summed E-state index contributed by atoms with van der Waals surface area (Å²) in [5.74, 6) is -12.4. The van der Waals surface area contributed by atoms with Crippen molar-refractivity contribution >= 4 is 65.2 Å². The largest absolute Gasteiger partial charge is 0.481 e. The zero-order valence-electron chi connectivity index (χ0n) is 32.3. The van der Waals surface area contributed by atoms with Gasteiger partial charge in [0.15, 0.2) is 5.96 Å². The van der Waals surface area contributed by atoms with Crippen molar-refractivity contribution in [3.8, 4) is 0 Å². The lowest BCUT2D eigenvalue weighted by atomic mass is 10.1. The highest BCUT2D eigenvalue weighted by molar-refractivity contribution is 5.99. The highest BCUT2D eigenvalue weighted by Gasteiger charge is 2.36. The van der Waals surface area contributed by atoms with Gasteiger partial charge >= 0.3 is 11.9 Å². The van der Waals surface area contributed by atoms with E-state index in [9.17, 15) is 63.3 Å². The normalized spacial score (nSPS) is 14.8. The number of carbonyl (C=O) groups is 10. The SMILES string of the molecule is C[C@@H](O)[C@H](NC(=O)[C@H](CC(N)=O)NC(=O)[C@H](CCCN=C(N)N)NC(=O)[C@@H](N)CCC(=O)O)C(=O)N[C@@H](CO)C(=O)N[C@@H](CC(N)=O)C(=O)N[C@@H](Cc1cnc[nH]1)C(=O)O. The predicted molar refractivity (Wildman–Crippen MR) is 203 cm³/mol. The predicted octanol–water partition coefficient (Wildman–Crippen LogP) is -8.68. The van der Waals surface area contributed by atoms with Gasteiger partial charge in [-0.3, -0.25) is 48.1 Å². The molecule has 0 radical (unpaired) electrons. The van der Waals surface area contributed by atoms with Gasteiger partial charge in [-0.15, -0.1) is 0 Å². The van der Waals surface area contributed by atoms with Gasteiger partial charge in [-0.1, -0.05) is 0 Å². The van der Waals surface area contributed by atoms with Gasteiger partial charge < -0.3 is 86.0 Å². The molecular formula is C32H52N14O14. The van der Waals surface area contributed by atoms with Crippen molar-refractivity contribution in [1.29, 1.82) is 0 Å². The summed E-state index contributed by atoms with van der Waals surface area (Å²) in [4.78, 5) is 136. The third-order valence-corrected chi connectivity index (χ3v) is 8.13. The minimum Gasteiger partial charge on any atom is -0.481 e. The van der Waals surface area contributed by atoms with Crippen LogP contribution in [0.1, 0.15) is 51.1 Å². The Morgan fingerprint density at radius 1 is 0.717 bits per heavy atom. The van der Waals surface area contributed by atoms with Crippen LogP contribution < -0.4 is 60.6 Å². The van der Waals surface area contributed by atoms with Crippen molar-refractivity contribution in [3.05, 3.63) is 18.2 Å². The summed E-state index contributed by atoms with van der Waals surface area (Å²) >= 11 is 0. The number of rotatable bonds is 28.